The summed E-state index contributed by atoms with van der Waals surface area (Å²) in [5.74, 6) is 0. The van der Waals surface area contributed by atoms with Gasteiger partial charge in [-0.2, -0.15) is 0 Å². The van der Waals surface area contributed by atoms with Gasteiger partial charge in [0.1, 0.15) is 0 Å². The van der Waals surface area contributed by atoms with E-state index in [0.29, 0.717) is 0 Å². The van der Waals surface area contributed by atoms with Crippen LogP contribution in [0.3, 0.4) is 0 Å². The number of hydrogen-bond acceptors (Lipinski definition) is 6. The molecule has 0 unspecified atom stereocenters. The summed E-state index contributed by atoms with van der Waals surface area (Å²) in [6.07, 6.45) is 0. The van der Waals surface area contributed by atoms with Crippen molar-refractivity contribution in [3.05, 3.63) is 0 Å². The zero-order valence-electron chi connectivity index (χ0n) is 10.4. The standard InChI is InChI=1S/3Cr.K.Na.6H2O.6O.2H/h;;;;;6*1H2;;;;;;;;/q3*+2;2*+1;;;;;;;;;;;;;2*-1/p-6. The van der Waals surface area contributed by atoms with Gasteiger partial charge < -0.3 is 2.85 Å². The normalized spacial score (nSPS) is 10.2. The first-order valence-electron chi connectivity index (χ1n) is 2.10. The molecule has 0 rings (SSSR count). The van der Waals surface area contributed by atoms with Crippen molar-refractivity contribution in [2.24, 2.45) is 0 Å². The monoisotopic (exact) mass is 418 g/mol. The fourth-order valence-corrected chi connectivity index (χ4v) is 0. The molecule has 0 aromatic carbocycles. The fraction of sp³-hybridized carbons (Fsp3) is 0. The Kier molecular flexibility index (Phi) is 25.9. The summed E-state index contributed by atoms with van der Waals surface area (Å²) < 4.78 is 95.6. The van der Waals surface area contributed by atoms with E-state index in [-0.39, 0.29) is 83.8 Å². The van der Waals surface area contributed by atoms with Crippen molar-refractivity contribution in [1.29, 1.82) is 0 Å². The van der Waals surface area contributed by atoms with Crippen molar-refractivity contribution < 1.29 is 172 Å². The molecule has 0 aliphatic carbocycles. The topological polar surface area (TPSA) is 224 Å². The third-order valence-corrected chi connectivity index (χ3v) is 0. The average Bonchev–Trinajstić information content (AvgIpc) is 1.41. The maximum absolute atomic E-state index is 8.82. The van der Waals surface area contributed by atoms with Crippen molar-refractivity contribution in [3.8, 4) is 0 Å². The summed E-state index contributed by atoms with van der Waals surface area (Å²) in [5.41, 5.74) is 0. The zero-order valence-corrected chi connectivity index (χ0v) is 17.3. The van der Waals surface area contributed by atoms with Crippen LogP contribution in [0.15, 0.2) is 0 Å². The van der Waals surface area contributed by atoms with Crippen LogP contribution in [-0.4, -0.2) is 24.9 Å². The Morgan fingerprint density at radius 3 is 0.529 bits per heavy atom. The molecule has 0 amide bonds. The minimum atomic E-state index is -5.25. The Morgan fingerprint density at radius 1 is 0.529 bits per heavy atom. The molecule has 6 N–H and O–H groups in total. The Balaban J connectivity index is -0.0000000206. The zero-order chi connectivity index (χ0) is 13.5. The van der Waals surface area contributed by atoms with E-state index in [1.165, 1.54) is 0 Å². The van der Waals surface area contributed by atoms with Crippen molar-refractivity contribution >= 4 is 0 Å². The third-order valence-electron chi connectivity index (χ3n) is 0. The molecule has 17 heavy (non-hydrogen) atoms. The van der Waals surface area contributed by atoms with Crippen LogP contribution in [0, 0.1) is 0 Å². The van der Waals surface area contributed by atoms with Crippen LogP contribution in [0.25, 0.3) is 0 Å². The summed E-state index contributed by atoms with van der Waals surface area (Å²) in [4.78, 5) is 0. The molecule has 0 fully saturated rings. The van der Waals surface area contributed by atoms with Gasteiger partial charge in [-0.1, -0.05) is 0 Å². The van der Waals surface area contributed by atoms with E-state index in [0.717, 1.165) is 0 Å². The van der Waals surface area contributed by atoms with Crippen LogP contribution in [0.5, 0.6) is 0 Å². The average molecular weight is 418 g/mol. The molecule has 0 aliphatic heterocycles. The van der Waals surface area contributed by atoms with Gasteiger partial charge in [0.25, 0.3) is 0 Å². The molecule has 12 nitrogen and oxygen atoms in total. The van der Waals surface area contributed by atoms with Gasteiger partial charge in [0.2, 0.25) is 0 Å². The van der Waals surface area contributed by atoms with Gasteiger partial charge in [0.05, 0.1) is 0 Å². The molecule has 17 heteroatoms. The van der Waals surface area contributed by atoms with Crippen LogP contribution in [0.2, 0.25) is 0 Å². The quantitative estimate of drug-likeness (QED) is 0.202. The van der Waals surface area contributed by atoms with Crippen molar-refractivity contribution in [3.63, 3.8) is 0 Å². The SMILES string of the molecule is [H-].[H-].[K+].[Na+].[O]=[Cr](=[O])([OH])[OH].[O]=[Cr](=[O])([OH])[OH].[O]=[Cr](=[O])([OH])[OH]. The van der Waals surface area contributed by atoms with Crippen LogP contribution in [0.4, 0.5) is 0 Å². The van der Waals surface area contributed by atoms with E-state index < -0.39 is 40.8 Å². The summed E-state index contributed by atoms with van der Waals surface area (Å²) in [5, 5.41) is 0. The van der Waals surface area contributed by atoms with Crippen molar-refractivity contribution in [2.45, 2.75) is 0 Å². The van der Waals surface area contributed by atoms with E-state index in [1.807, 2.05) is 0 Å². The minimum absolute atomic E-state index is 0. The van der Waals surface area contributed by atoms with Crippen molar-refractivity contribution in [2.75, 3.05) is 0 Å². The molecule has 0 bridgehead atoms. The Hall–Kier alpha value is 2.79. The third kappa shape index (κ3) is 679. The molecule has 0 spiro atoms. The maximum atomic E-state index is 8.82. The molecule has 0 aliphatic rings. The molecular weight excluding hydrogens is 410 g/mol. The molecule has 0 radical (unpaired) electrons. The van der Waals surface area contributed by atoms with Gasteiger partial charge in [0, 0.05) is 0 Å². The molecular formula is H8Cr3KNaO12. The second kappa shape index (κ2) is 13.8. The molecule has 0 saturated carbocycles. The molecule has 0 aromatic rings. The van der Waals surface area contributed by atoms with E-state index in [2.05, 4.69) is 0 Å². The van der Waals surface area contributed by atoms with Gasteiger partial charge >= 0.3 is 170 Å². The molecule has 0 saturated heterocycles. The fourth-order valence-electron chi connectivity index (χ4n) is 0. The van der Waals surface area contributed by atoms with Crippen LogP contribution >= 0.6 is 0 Å². The molecule has 0 atom stereocenters. The first kappa shape index (κ1) is 31.9. The first-order chi connectivity index (χ1) is 6.00. The van der Waals surface area contributed by atoms with E-state index in [4.69, 9.17) is 47.8 Å². The summed E-state index contributed by atoms with van der Waals surface area (Å²) in [6, 6.07) is 0. The second-order valence-corrected chi connectivity index (χ2v) is 5.54. The first-order valence-corrected chi connectivity index (χ1v) is 8.64. The van der Waals surface area contributed by atoms with Gasteiger partial charge in [-0.3, -0.25) is 0 Å². The molecule has 100 valence electrons. The number of hydrogen-bond donors (Lipinski definition) is 6. The van der Waals surface area contributed by atoms with Gasteiger partial charge in [0.15, 0.2) is 0 Å². The molecule has 0 aromatic heterocycles. The Labute approximate surface area is 169 Å². The summed E-state index contributed by atoms with van der Waals surface area (Å²) in [7, 11) is 0. The van der Waals surface area contributed by atoms with Crippen LogP contribution in [0.1, 0.15) is 2.85 Å². The summed E-state index contributed by atoms with van der Waals surface area (Å²) >= 11 is -15.8. The number of rotatable bonds is 0. The van der Waals surface area contributed by atoms with Crippen molar-refractivity contribution in [1.82, 2.24) is 0 Å². The van der Waals surface area contributed by atoms with Gasteiger partial charge in [-0.25, -0.2) is 0 Å². The van der Waals surface area contributed by atoms with Crippen LogP contribution in [-0.2, 0) is 63.7 Å². The van der Waals surface area contributed by atoms with E-state index in [9.17, 15) is 0 Å². The Morgan fingerprint density at radius 2 is 0.529 bits per heavy atom. The van der Waals surface area contributed by atoms with Crippen LogP contribution < -0.4 is 80.9 Å². The molecule has 0 heterocycles. The predicted octanol–water partition coefficient (Wildman–Crippen LogP) is -9.83. The predicted molar refractivity (Wildman–Crippen MR) is 19.7 cm³/mol. The second-order valence-electron chi connectivity index (χ2n) is 1.34. The summed E-state index contributed by atoms with van der Waals surface area (Å²) in [6.45, 7) is 0. The van der Waals surface area contributed by atoms with Gasteiger partial charge in [-0.05, 0) is 0 Å². The van der Waals surface area contributed by atoms with E-state index >= 15 is 0 Å². The van der Waals surface area contributed by atoms with E-state index in [1.54, 1.807) is 0 Å². The Bertz CT molecular complexity index is 352. The van der Waals surface area contributed by atoms with Gasteiger partial charge in [-0.15, -0.1) is 0 Å².